The Kier molecular flexibility index (Phi) is 5.82. The van der Waals surface area contributed by atoms with Gasteiger partial charge in [-0.25, -0.2) is 0 Å². The highest BCUT2D eigenvalue weighted by Gasteiger charge is 2.09. The van der Waals surface area contributed by atoms with Crippen molar-refractivity contribution in [1.29, 1.82) is 0 Å². The monoisotopic (exact) mass is 345 g/mol. The Morgan fingerprint density at radius 1 is 1.12 bits per heavy atom. The van der Waals surface area contributed by atoms with Crippen LogP contribution in [0.2, 0.25) is 5.02 Å². The second kappa shape index (κ2) is 7.84. The molecule has 0 radical (unpaired) electrons. The first-order valence-corrected chi connectivity index (χ1v) is 7.87. The van der Waals surface area contributed by atoms with Crippen molar-refractivity contribution in [3.63, 3.8) is 0 Å². The molecule has 0 unspecified atom stereocenters. The van der Waals surface area contributed by atoms with Crippen molar-refractivity contribution in [2.24, 2.45) is 0 Å². The molecule has 6 heteroatoms. The van der Waals surface area contributed by atoms with Crippen LogP contribution in [0.1, 0.15) is 15.9 Å². The van der Waals surface area contributed by atoms with Gasteiger partial charge in [-0.05, 0) is 42.8 Å². The number of amides is 2. The smallest absolute Gasteiger partial charge is 0.253 e. The van der Waals surface area contributed by atoms with Gasteiger partial charge in [0.1, 0.15) is 0 Å². The second-order valence-electron chi connectivity index (χ2n) is 5.59. The summed E-state index contributed by atoms with van der Waals surface area (Å²) in [5, 5.41) is 6.44. The highest BCUT2D eigenvalue weighted by molar-refractivity contribution is 6.31. The number of anilines is 2. The Bertz CT molecular complexity index is 760. The number of nitrogens with zero attached hydrogens (tertiary/aromatic N) is 1. The van der Waals surface area contributed by atoms with Crippen LogP contribution in [0.25, 0.3) is 0 Å². The topological polar surface area (TPSA) is 61.4 Å². The van der Waals surface area contributed by atoms with Gasteiger partial charge in [0.25, 0.3) is 5.91 Å². The standard InChI is InChI=1S/C18H20ClN3O2/c1-12-15(19)8-5-9-16(12)21-17(23)11-20-14-7-4-6-13(10-14)18(24)22(2)3/h4-10,20H,11H2,1-3H3,(H,21,23). The van der Waals surface area contributed by atoms with Gasteiger partial charge in [-0.1, -0.05) is 23.7 Å². The van der Waals surface area contributed by atoms with Gasteiger partial charge in [0.05, 0.1) is 6.54 Å². The van der Waals surface area contributed by atoms with Gasteiger partial charge in [0, 0.05) is 36.1 Å². The molecule has 5 nitrogen and oxygen atoms in total. The summed E-state index contributed by atoms with van der Waals surface area (Å²) in [6.07, 6.45) is 0. The van der Waals surface area contributed by atoms with Crippen LogP contribution in [0, 0.1) is 6.92 Å². The summed E-state index contributed by atoms with van der Waals surface area (Å²) in [6.45, 7) is 1.94. The zero-order valence-electron chi connectivity index (χ0n) is 13.9. The summed E-state index contributed by atoms with van der Waals surface area (Å²) < 4.78 is 0. The molecule has 24 heavy (non-hydrogen) atoms. The molecule has 0 spiro atoms. The molecule has 2 rings (SSSR count). The van der Waals surface area contributed by atoms with E-state index in [0.717, 1.165) is 5.56 Å². The molecule has 0 heterocycles. The zero-order chi connectivity index (χ0) is 17.7. The molecular formula is C18H20ClN3O2. The van der Waals surface area contributed by atoms with Crippen molar-refractivity contribution in [3.8, 4) is 0 Å². The first kappa shape index (κ1) is 17.8. The van der Waals surface area contributed by atoms with Gasteiger partial charge < -0.3 is 15.5 Å². The minimum Gasteiger partial charge on any atom is -0.376 e. The second-order valence-corrected chi connectivity index (χ2v) is 6.00. The van der Waals surface area contributed by atoms with E-state index in [-0.39, 0.29) is 18.4 Å². The lowest BCUT2D eigenvalue weighted by Crippen LogP contribution is -2.23. The summed E-state index contributed by atoms with van der Waals surface area (Å²) >= 11 is 6.04. The lowest BCUT2D eigenvalue weighted by Gasteiger charge is -2.13. The predicted octanol–water partition coefficient (Wildman–Crippen LogP) is 3.40. The summed E-state index contributed by atoms with van der Waals surface area (Å²) in [4.78, 5) is 25.5. The van der Waals surface area contributed by atoms with Crippen molar-refractivity contribution in [2.75, 3.05) is 31.3 Å². The maximum absolute atomic E-state index is 12.1. The third-order valence-corrected chi connectivity index (χ3v) is 3.92. The van der Waals surface area contributed by atoms with Crippen LogP contribution < -0.4 is 10.6 Å². The molecule has 0 atom stereocenters. The van der Waals surface area contributed by atoms with Gasteiger partial charge in [0.15, 0.2) is 0 Å². The Hall–Kier alpha value is -2.53. The molecule has 2 aromatic rings. The van der Waals surface area contributed by atoms with Crippen molar-refractivity contribution in [2.45, 2.75) is 6.92 Å². The minimum atomic E-state index is -0.190. The number of hydrogen-bond donors (Lipinski definition) is 2. The zero-order valence-corrected chi connectivity index (χ0v) is 14.6. The molecule has 0 aliphatic heterocycles. The fraction of sp³-hybridized carbons (Fsp3) is 0.222. The van der Waals surface area contributed by atoms with Gasteiger partial charge in [-0.2, -0.15) is 0 Å². The number of hydrogen-bond acceptors (Lipinski definition) is 3. The van der Waals surface area contributed by atoms with E-state index in [0.29, 0.717) is 22.0 Å². The SMILES string of the molecule is Cc1c(Cl)cccc1NC(=O)CNc1cccc(C(=O)N(C)C)c1. The van der Waals surface area contributed by atoms with Crippen LogP contribution in [0.4, 0.5) is 11.4 Å². The fourth-order valence-corrected chi connectivity index (χ4v) is 2.31. The number of benzene rings is 2. The molecule has 0 saturated heterocycles. The third kappa shape index (κ3) is 4.49. The summed E-state index contributed by atoms with van der Waals surface area (Å²) in [5.41, 5.74) is 2.79. The average Bonchev–Trinajstić information content (AvgIpc) is 2.56. The Balaban J connectivity index is 1.98. The number of rotatable bonds is 5. The molecule has 126 valence electrons. The van der Waals surface area contributed by atoms with E-state index >= 15 is 0 Å². The van der Waals surface area contributed by atoms with E-state index in [1.165, 1.54) is 4.90 Å². The molecule has 0 fully saturated rings. The fourth-order valence-electron chi connectivity index (χ4n) is 2.14. The van der Waals surface area contributed by atoms with Crippen LogP contribution in [0.15, 0.2) is 42.5 Å². The number of carbonyl (C=O) groups is 2. The van der Waals surface area contributed by atoms with E-state index < -0.39 is 0 Å². The number of nitrogens with one attached hydrogen (secondary N) is 2. The molecule has 2 amide bonds. The summed E-state index contributed by atoms with van der Waals surface area (Å²) in [5.74, 6) is -0.276. The van der Waals surface area contributed by atoms with Crippen molar-refractivity contribution in [1.82, 2.24) is 4.90 Å². The van der Waals surface area contributed by atoms with Gasteiger partial charge in [-0.15, -0.1) is 0 Å². The molecular weight excluding hydrogens is 326 g/mol. The van der Waals surface area contributed by atoms with E-state index in [1.807, 2.05) is 13.0 Å². The Morgan fingerprint density at radius 2 is 1.83 bits per heavy atom. The van der Waals surface area contributed by atoms with E-state index in [1.54, 1.807) is 50.5 Å². The summed E-state index contributed by atoms with van der Waals surface area (Å²) in [6, 6.07) is 12.4. The number of carbonyl (C=O) groups excluding carboxylic acids is 2. The van der Waals surface area contributed by atoms with Gasteiger partial charge in [0.2, 0.25) is 5.91 Å². The van der Waals surface area contributed by atoms with Gasteiger partial charge in [-0.3, -0.25) is 9.59 Å². The van der Waals surface area contributed by atoms with Crippen LogP contribution in [-0.2, 0) is 4.79 Å². The number of halogens is 1. The van der Waals surface area contributed by atoms with Crippen molar-refractivity contribution >= 4 is 34.8 Å². The maximum Gasteiger partial charge on any atom is 0.253 e. The molecule has 2 aromatic carbocycles. The summed E-state index contributed by atoms with van der Waals surface area (Å²) in [7, 11) is 3.40. The first-order chi connectivity index (χ1) is 11.4. The van der Waals surface area contributed by atoms with Crippen LogP contribution in [-0.4, -0.2) is 37.4 Å². The Morgan fingerprint density at radius 3 is 2.54 bits per heavy atom. The van der Waals surface area contributed by atoms with Crippen LogP contribution in [0.5, 0.6) is 0 Å². The Labute approximate surface area is 146 Å². The molecule has 0 saturated carbocycles. The molecule has 0 aromatic heterocycles. The minimum absolute atomic E-state index is 0.0855. The largest absolute Gasteiger partial charge is 0.376 e. The molecule has 0 bridgehead atoms. The highest BCUT2D eigenvalue weighted by Crippen LogP contribution is 2.22. The quantitative estimate of drug-likeness (QED) is 0.873. The van der Waals surface area contributed by atoms with E-state index in [2.05, 4.69) is 10.6 Å². The van der Waals surface area contributed by atoms with Crippen LogP contribution in [0.3, 0.4) is 0 Å². The predicted molar refractivity (Wildman–Crippen MR) is 97.8 cm³/mol. The molecule has 2 N–H and O–H groups in total. The normalized spacial score (nSPS) is 10.2. The maximum atomic E-state index is 12.1. The first-order valence-electron chi connectivity index (χ1n) is 7.49. The van der Waals surface area contributed by atoms with Crippen molar-refractivity contribution < 1.29 is 9.59 Å². The van der Waals surface area contributed by atoms with Gasteiger partial charge >= 0.3 is 0 Å². The molecule has 0 aliphatic carbocycles. The van der Waals surface area contributed by atoms with E-state index in [9.17, 15) is 9.59 Å². The van der Waals surface area contributed by atoms with E-state index in [4.69, 9.17) is 11.6 Å². The lowest BCUT2D eigenvalue weighted by molar-refractivity contribution is -0.114. The average molecular weight is 346 g/mol. The van der Waals surface area contributed by atoms with Crippen LogP contribution >= 0.6 is 11.6 Å². The highest BCUT2D eigenvalue weighted by atomic mass is 35.5. The lowest BCUT2D eigenvalue weighted by atomic mass is 10.2. The third-order valence-electron chi connectivity index (χ3n) is 3.51. The molecule has 0 aliphatic rings. The van der Waals surface area contributed by atoms with Crippen molar-refractivity contribution in [3.05, 3.63) is 58.6 Å².